The van der Waals surface area contributed by atoms with Crippen molar-refractivity contribution < 1.29 is 0 Å². The third kappa shape index (κ3) is 6.31. The predicted octanol–water partition coefficient (Wildman–Crippen LogP) is 5.26. The van der Waals surface area contributed by atoms with Crippen LogP contribution in [-0.2, 0) is 6.42 Å². The van der Waals surface area contributed by atoms with Crippen molar-refractivity contribution in [1.82, 2.24) is 0 Å². The van der Waals surface area contributed by atoms with Crippen molar-refractivity contribution in [2.75, 3.05) is 0 Å². The molecule has 0 atom stereocenters. The van der Waals surface area contributed by atoms with Crippen LogP contribution in [0.15, 0.2) is 66.4 Å². The number of hydrogen-bond donors (Lipinski definition) is 1. The third-order valence-electron chi connectivity index (χ3n) is 3.12. The van der Waals surface area contributed by atoms with Crippen molar-refractivity contribution >= 4 is 5.57 Å². The van der Waals surface area contributed by atoms with Crippen LogP contribution in [0.4, 0.5) is 0 Å². The van der Waals surface area contributed by atoms with E-state index in [2.05, 4.69) is 75.4 Å². The molecule has 0 spiro atoms. The summed E-state index contributed by atoms with van der Waals surface area (Å²) in [4.78, 5) is 0. The lowest BCUT2D eigenvalue weighted by Crippen LogP contribution is -1.89. The van der Waals surface area contributed by atoms with E-state index in [0.717, 1.165) is 12.0 Å². The highest BCUT2D eigenvalue weighted by Crippen LogP contribution is 2.20. The summed E-state index contributed by atoms with van der Waals surface area (Å²) in [5.41, 5.74) is 10.4. The average molecular weight is 281 g/mol. The summed E-state index contributed by atoms with van der Waals surface area (Å²) in [5.74, 6) is 0.539. The fourth-order valence-corrected chi connectivity index (χ4v) is 2.10. The molecule has 0 unspecified atom stereocenters. The van der Waals surface area contributed by atoms with Crippen LogP contribution in [0, 0.1) is 5.92 Å². The molecule has 0 heterocycles. The van der Waals surface area contributed by atoms with Crippen LogP contribution in [0.1, 0.15) is 38.8 Å². The van der Waals surface area contributed by atoms with Crippen LogP contribution < -0.4 is 5.73 Å². The summed E-state index contributed by atoms with van der Waals surface area (Å²) in [6.07, 6.45) is 13.3. The van der Waals surface area contributed by atoms with Crippen molar-refractivity contribution in [1.29, 1.82) is 0 Å². The fourth-order valence-electron chi connectivity index (χ4n) is 2.10. The van der Waals surface area contributed by atoms with Crippen LogP contribution in [0.2, 0.25) is 0 Å². The number of hydrogen-bond acceptors (Lipinski definition) is 1. The molecule has 0 saturated carbocycles. The monoisotopic (exact) mass is 281 g/mol. The Labute approximate surface area is 129 Å². The van der Waals surface area contributed by atoms with Gasteiger partial charge in [0.15, 0.2) is 0 Å². The normalized spacial score (nSPS) is 13.8. The van der Waals surface area contributed by atoms with Crippen LogP contribution >= 0.6 is 0 Å². The summed E-state index contributed by atoms with van der Waals surface area (Å²) >= 11 is 0. The SMILES string of the molecule is C/C=C\C(=C/C(C)C)c1cccc(C/C=C\C(C)=C/N)c1. The highest BCUT2D eigenvalue weighted by Gasteiger charge is 2.00. The van der Waals surface area contributed by atoms with Crippen LogP contribution in [0.5, 0.6) is 0 Å². The van der Waals surface area contributed by atoms with Gasteiger partial charge in [-0.15, -0.1) is 0 Å². The van der Waals surface area contributed by atoms with E-state index in [1.807, 2.05) is 6.92 Å². The second-order valence-corrected chi connectivity index (χ2v) is 5.58. The van der Waals surface area contributed by atoms with E-state index in [1.54, 1.807) is 6.20 Å². The van der Waals surface area contributed by atoms with E-state index in [9.17, 15) is 0 Å². The average Bonchev–Trinajstić information content (AvgIpc) is 2.46. The predicted molar refractivity (Wildman–Crippen MR) is 94.9 cm³/mol. The highest BCUT2D eigenvalue weighted by atomic mass is 14.5. The van der Waals surface area contributed by atoms with E-state index >= 15 is 0 Å². The summed E-state index contributed by atoms with van der Waals surface area (Å²) < 4.78 is 0. The van der Waals surface area contributed by atoms with Gasteiger partial charge in [0.25, 0.3) is 0 Å². The molecule has 1 aromatic carbocycles. The first kappa shape index (κ1) is 17.0. The molecule has 0 fully saturated rings. The molecule has 0 aliphatic rings. The Morgan fingerprint density at radius 2 is 2.00 bits per heavy atom. The van der Waals surface area contributed by atoms with Gasteiger partial charge in [-0.1, -0.05) is 68.5 Å². The smallest absolute Gasteiger partial charge is 0.00327 e. The van der Waals surface area contributed by atoms with E-state index < -0.39 is 0 Å². The lowest BCUT2D eigenvalue weighted by molar-refractivity contribution is 0.834. The topological polar surface area (TPSA) is 26.0 Å². The molecule has 21 heavy (non-hydrogen) atoms. The molecule has 0 amide bonds. The van der Waals surface area contributed by atoms with E-state index in [0.29, 0.717) is 5.92 Å². The Hall–Kier alpha value is -2.02. The van der Waals surface area contributed by atoms with Gasteiger partial charge < -0.3 is 5.73 Å². The van der Waals surface area contributed by atoms with Gasteiger partial charge in [-0.25, -0.2) is 0 Å². The van der Waals surface area contributed by atoms with Gasteiger partial charge in [-0.3, -0.25) is 0 Å². The molecule has 0 saturated heterocycles. The minimum atomic E-state index is 0.539. The number of rotatable bonds is 6. The van der Waals surface area contributed by atoms with Gasteiger partial charge in [0.1, 0.15) is 0 Å². The lowest BCUT2D eigenvalue weighted by atomic mass is 9.98. The van der Waals surface area contributed by atoms with Crippen molar-refractivity contribution in [3.8, 4) is 0 Å². The maximum Gasteiger partial charge on any atom is -0.00327 e. The molecule has 2 N–H and O–H groups in total. The van der Waals surface area contributed by atoms with Crippen molar-refractivity contribution in [2.45, 2.75) is 34.1 Å². The Morgan fingerprint density at radius 3 is 2.62 bits per heavy atom. The maximum atomic E-state index is 5.47. The van der Waals surface area contributed by atoms with E-state index in [1.165, 1.54) is 16.7 Å². The van der Waals surface area contributed by atoms with E-state index in [4.69, 9.17) is 5.73 Å². The van der Waals surface area contributed by atoms with Crippen molar-refractivity contribution in [3.63, 3.8) is 0 Å². The molecule has 1 nitrogen and oxygen atoms in total. The second-order valence-electron chi connectivity index (χ2n) is 5.58. The molecule has 1 heteroatoms. The van der Waals surface area contributed by atoms with Gasteiger partial charge in [0.05, 0.1) is 0 Å². The van der Waals surface area contributed by atoms with Gasteiger partial charge in [-0.05, 0) is 54.7 Å². The molecular formula is C20H27N. The van der Waals surface area contributed by atoms with E-state index in [-0.39, 0.29) is 0 Å². The molecule has 0 aromatic heterocycles. The Balaban J connectivity index is 2.96. The summed E-state index contributed by atoms with van der Waals surface area (Å²) in [5, 5.41) is 0. The lowest BCUT2D eigenvalue weighted by Gasteiger charge is -2.07. The van der Waals surface area contributed by atoms with Crippen LogP contribution in [-0.4, -0.2) is 0 Å². The summed E-state index contributed by atoms with van der Waals surface area (Å²) in [7, 11) is 0. The van der Waals surface area contributed by atoms with Crippen molar-refractivity contribution in [2.24, 2.45) is 11.7 Å². The molecule has 1 aromatic rings. The number of allylic oxidation sites excluding steroid dienone is 7. The van der Waals surface area contributed by atoms with Crippen LogP contribution in [0.25, 0.3) is 5.57 Å². The highest BCUT2D eigenvalue weighted by molar-refractivity contribution is 5.74. The maximum absolute atomic E-state index is 5.47. The minimum absolute atomic E-state index is 0.539. The largest absolute Gasteiger partial charge is 0.404 e. The fraction of sp³-hybridized carbons (Fsp3) is 0.300. The zero-order valence-electron chi connectivity index (χ0n) is 13.6. The zero-order valence-corrected chi connectivity index (χ0v) is 13.6. The first-order chi connectivity index (χ1) is 10.1. The first-order valence-corrected chi connectivity index (χ1v) is 7.55. The molecule has 1 rings (SSSR count). The summed E-state index contributed by atoms with van der Waals surface area (Å²) in [6, 6.07) is 8.73. The second kappa shape index (κ2) is 9.02. The Kier molecular flexibility index (Phi) is 7.31. The molecule has 0 bridgehead atoms. The third-order valence-corrected chi connectivity index (χ3v) is 3.12. The molecule has 0 aliphatic heterocycles. The van der Waals surface area contributed by atoms with Gasteiger partial charge in [0, 0.05) is 0 Å². The van der Waals surface area contributed by atoms with Gasteiger partial charge >= 0.3 is 0 Å². The number of nitrogens with two attached hydrogens (primary N) is 1. The quantitative estimate of drug-likeness (QED) is 0.707. The van der Waals surface area contributed by atoms with Crippen molar-refractivity contribution in [3.05, 3.63) is 77.5 Å². The van der Waals surface area contributed by atoms with Crippen LogP contribution in [0.3, 0.4) is 0 Å². The zero-order chi connectivity index (χ0) is 15.7. The first-order valence-electron chi connectivity index (χ1n) is 7.55. The molecule has 0 aliphatic carbocycles. The van der Waals surface area contributed by atoms with Gasteiger partial charge in [-0.2, -0.15) is 0 Å². The standard InChI is InChI=1S/C20H27N/c1-5-8-19(13-16(2)3)20-12-7-11-18(14-20)10-6-9-17(4)15-21/h5-9,11-16H,10,21H2,1-4H3/b8-5-,9-6-,17-15-,19-13+. The molecule has 0 radical (unpaired) electrons. The Morgan fingerprint density at radius 1 is 1.24 bits per heavy atom. The minimum Gasteiger partial charge on any atom is -0.404 e. The number of benzene rings is 1. The molecular weight excluding hydrogens is 254 g/mol. The Bertz CT molecular complexity index is 557. The van der Waals surface area contributed by atoms with Gasteiger partial charge in [0.2, 0.25) is 0 Å². The summed E-state index contributed by atoms with van der Waals surface area (Å²) in [6.45, 7) is 8.47. The molecule has 112 valence electrons.